The summed E-state index contributed by atoms with van der Waals surface area (Å²) >= 11 is 1.88. The zero-order chi connectivity index (χ0) is 14.8. The molecule has 5 heteroatoms. The number of thioether (sulfide) groups is 1. The summed E-state index contributed by atoms with van der Waals surface area (Å²) in [5, 5.41) is 6.67. The van der Waals surface area contributed by atoms with Crippen molar-refractivity contribution in [2.45, 2.75) is 33.7 Å². The number of halogens is 1. The van der Waals surface area contributed by atoms with Crippen molar-refractivity contribution >= 4 is 41.7 Å². The monoisotopic (exact) mass is 421 g/mol. The van der Waals surface area contributed by atoms with Gasteiger partial charge in [0.25, 0.3) is 0 Å². The average molecular weight is 421 g/mol. The van der Waals surface area contributed by atoms with E-state index < -0.39 is 0 Å². The Morgan fingerprint density at radius 1 is 1.24 bits per heavy atom. The molecule has 1 aromatic rings. The molecule has 0 saturated heterocycles. The standard InChI is InChI=1S/C16H27N3S.HI/c1-5-17-16(18-9-6-10-20-4)19-12-15-8-7-13(2)11-14(15)3;/h7-8,11H,5-6,9-10,12H2,1-4H3,(H2,17,18,19);1H. The molecule has 0 saturated carbocycles. The van der Waals surface area contributed by atoms with Gasteiger partial charge in [-0.15, -0.1) is 24.0 Å². The van der Waals surface area contributed by atoms with E-state index in [2.05, 4.69) is 60.9 Å². The number of hydrogen-bond acceptors (Lipinski definition) is 2. The van der Waals surface area contributed by atoms with Crippen molar-refractivity contribution < 1.29 is 0 Å². The van der Waals surface area contributed by atoms with Crippen LogP contribution in [0.25, 0.3) is 0 Å². The van der Waals surface area contributed by atoms with Crippen LogP contribution in [0, 0.1) is 13.8 Å². The molecule has 0 spiro atoms. The van der Waals surface area contributed by atoms with E-state index >= 15 is 0 Å². The predicted molar refractivity (Wildman–Crippen MR) is 107 cm³/mol. The van der Waals surface area contributed by atoms with Crippen molar-refractivity contribution in [2.75, 3.05) is 25.1 Å². The first-order chi connectivity index (χ1) is 9.67. The zero-order valence-corrected chi connectivity index (χ0v) is 16.7. The Bertz CT molecular complexity index is 436. The van der Waals surface area contributed by atoms with Crippen LogP contribution in [0.4, 0.5) is 0 Å². The summed E-state index contributed by atoms with van der Waals surface area (Å²) in [6, 6.07) is 6.53. The first-order valence-electron chi connectivity index (χ1n) is 7.24. The van der Waals surface area contributed by atoms with Gasteiger partial charge in [0.2, 0.25) is 0 Å². The van der Waals surface area contributed by atoms with Gasteiger partial charge in [-0.05, 0) is 50.3 Å². The second kappa shape index (κ2) is 12.1. The fourth-order valence-electron chi connectivity index (χ4n) is 1.95. The van der Waals surface area contributed by atoms with Crippen molar-refractivity contribution in [3.05, 3.63) is 34.9 Å². The van der Waals surface area contributed by atoms with Gasteiger partial charge in [0.05, 0.1) is 6.54 Å². The molecule has 0 fully saturated rings. The second-order valence-electron chi connectivity index (χ2n) is 4.90. The predicted octanol–water partition coefficient (Wildman–Crippen LogP) is 3.73. The van der Waals surface area contributed by atoms with Crippen LogP contribution in [0.2, 0.25) is 0 Å². The quantitative estimate of drug-likeness (QED) is 0.305. The van der Waals surface area contributed by atoms with E-state index in [1.165, 1.54) is 22.4 Å². The summed E-state index contributed by atoms with van der Waals surface area (Å²) in [6.07, 6.45) is 3.30. The van der Waals surface area contributed by atoms with Crippen molar-refractivity contribution in [1.82, 2.24) is 10.6 Å². The lowest BCUT2D eigenvalue weighted by Crippen LogP contribution is -2.37. The smallest absolute Gasteiger partial charge is 0.191 e. The Morgan fingerprint density at radius 2 is 2.00 bits per heavy atom. The molecular weight excluding hydrogens is 393 g/mol. The van der Waals surface area contributed by atoms with Crippen LogP contribution in [0.5, 0.6) is 0 Å². The minimum Gasteiger partial charge on any atom is -0.357 e. The number of rotatable bonds is 7. The molecule has 2 N–H and O–H groups in total. The molecule has 120 valence electrons. The minimum absolute atomic E-state index is 0. The Kier molecular flexibility index (Phi) is 11.9. The van der Waals surface area contributed by atoms with Crippen molar-refractivity contribution in [3.8, 4) is 0 Å². The fraction of sp³-hybridized carbons (Fsp3) is 0.562. The molecule has 0 amide bonds. The lowest BCUT2D eigenvalue weighted by atomic mass is 10.1. The lowest BCUT2D eigenvalue weighted by molar-refractivity contribution is 0.789. The van der Waals surface area contributed by atoms with E-state index in [1.807, 2.05) is 11.8 Å². The van der Waals surface area contributed by atoms with Gasteiger partial charge < -0.3 is 10.6 Å². The number of hydrogen-bond donors (Lipinski definition) is 2. The molecule has 0 aliphatic carbocycles. The third kappa shape index (κ3) is 8.56. The summed E-state index contributed by atoms with van der Waals surface area (Å²) in [7, 11) is 0. The van der Waals surface area contributed by atoms with Crippen LogP contribution < -0.4 is 10.6 Å². The largest absolute Gasteiger partial charge is 0.357 e. The van der Waals surface area contributed by atoms with Gasteiger partial charge in [-0.25, -0.2) is 4.99 Å². The van der Waals surface area contributed by atoms with Crippen LogP contribution in [-0.2, 0) is 6.54 Å². The van der Waals surface area contributed by atoms with Gasteiger partial charge in [0.15, 0.2) is 5.96 Å². The maximum Gasteiger partial charge on any atom is 0.191 e. The van der Waals surface area contributed by atoms with Crippen LogP contribution in [0.15, 0.2) is 23.2 Å². The van der Waals surface area contributed by atoms with Crippen LogP contribution in [0.1, 0.15) is 30.0 Å². The molecule has 3 nitrogen and oxygen atoms in total. The normalized spacial score (nSPS) is 11.0. The van der Waals surface area contributed by atoms with Gasteiger partial charge in [0.1, 0.15) is 0 Å². The molecule has 0 atom stereocenters. The molecule has 1 aromatic carbocycles. The highest BCUT2D eigenvalue weighted by Gasteiger charge is 2.00. The summed E-state index contributed by atoms with van der Waals surface area (Å²) in [6.45, 7) is 8.95. The highest BCUT2D eigenvalue weighted by atomic mass is 127. The van der Waals surface area contributed by atoms with Crippen molar-refractivity contribution in [2.24, 2.45) is 4.99 Å². The van der Waals surface area contributed by atoms with Gasteiger partial charge in [-0.1, -0.05) is 23.8 Å². The van der Waals surface area contributed by atoms with E-state index in [0.717, 1.165) is 32.0 Å². The summed E-state index contributed by atoms with van der Waals surface area (Å²) in [5.41, 5.74) is 3.90. The molecule has 0 unspecified atom stereocenters. The first-order valence-corrected chi connectivity index (χ1v) is 8.64. The third-order valence-electron chi connectivity index (χ3n) is 3.07. The number of benzene rings is 1. The molecule has 21 heavy (non-hydrogen) atoms. The minimum atomic E-state index is 0. The van der Waals surface area contributed by atoms with Crippen LogP contribution in [0.3, 0.4) is 0 Å². The molecule has 0 aliphatic rings. The molecule has 0 aromatic heterocycles. The van der Waals surface area contributed by atoms with E-state index in [0.29, 0.717) is 0 Å². The van der Waals surface area contributed by atoms with Crippen LogP contribution >= 0.6 is 35.7 Å². The summed E-state index contributed by atoms with van der Waals surface area (Å²) in [5.74, 6) is 2.09. The van der Waals surface area contributed by atoms with Crippen molar-refractivity contribution in [3.63, 3.8) is 0 Å². The topological polar surface area (TPSA) is 36.4 Å². The molecular formula is C16H28IN3S. The van der Waals surface area contributed by atoms with Crippen molar-refractivity contribution in [1.29, 1.82) is 0 Å². The van der Waals surface area contributed by atoms with E-state index in [9.17, 15) is 0 Å². The highest BCUT2D eigenvalue weighted by molar-refractivity contribution is 14.0. The number of aliphatic imine (C=N–C) groups is 1. The van der Waals surface area contributed by atoms with E-state index in [1.54, 1.807) is 0 Å². The first kappa shape index (κ1) is 20.6. The SMILES string of the molecule is CCNC(=NCc1ccc(C)cc1C)NCCCSC.I. The lowest BCUT2D eigenvalue weighted by Gasteiger charge is -2.11. The Balaban J connectivity index is 0.00000400. The molecule has 0 radical (unpaired) electrons. The van der Waals surface area contributed by atoms with Crippen LogP contribution in [-0.4, -0.2) is 31.1 Å². The molecule has 0 heterocycles. The Morgan fingerprint density at radius 3 is 2.62 bits per heavy atom. The maximum absolute atomic E-state index is 4.66. The molecule has 1 rings (SSSR count). The molecule has 0 aliphatic heterocycles. The summed E-state index contributed by atoms with van der Waals surface area (Å²) in [4.78, 5) is 4.66. The van der Waals surface area contributed by atoms with Gasteiger partial charge in [-0.2, -0.15) is 11.8 Å². The number of nitrogens with zero attached hydrogens (tertiary/aromatic N) is 1. The maximum atomic E-state index is 4.66. The number of guanidine groups is 1. The third-order valence-corrected chi connectivity index (χ3v) is 3.76. The zero-order valence-electron chi connectivity index (χ0n) is 13.5. The van der Waals surface area contributed by atoms with E-state index in [-0.39, 0.29) is 24.0 Å². The Labute approximate surface area is 150 Å². The average Bonchev–Trinajstić information content (AvgIpc) is 2.42. The summed E-state index contributed by atoms with van der Waals surface area (Å²) < 4.78 is 0. The number of nitrogens with one attached hydrogen (secondary N) is 2. The van der Waals surface area contributed by atoms with Gasteiger partial charge in [-0.3, -0.25) is 0 Å². The fourth-order valence-corrected chi connectivity index (χ4v) is 2.39. The second-order valence-corrected chi connectivity index (χ2v) is 5.88. The van der Waals surface area contributed by atoms with E-state index in [4.69, 9.17) is 0 Å². The Hall–Kier alpha value is -0.430. The highest BCUT2D eigenvalue weighted by Crippen LogP contribution is 2.11. The molecule has 0 bridgehead atoms. The van der Waals surface area contributed by atoms with Gasteiger partial charge >= 0.3 is 0 Å². The van der Waals surface area contributed by atoms with Gasteiger partial charge in [0, 0.05) is 13.1 Å². The number of aryl methyl sites for hydroxylation is 2.